The molecule has 0 bridgehead atoms. The van der Waals surface area contributed by atoms with Crippen LogP contribution in [0.3, 0.4) is 0 Å². The molecule has 31 heavy (non-hydrogen) atoms. The van der Waals surface area contributed by atoms with Crippen LogP contribution in [-0.4, -0.2) is 46.5 Å². The highest BCUT2D eigenvalue weighted by molar-refractivity contribution is 7.13. The minimum absolute atomic E-state index is 0.0140. The van der Waals surface area contributed by atoms with Crippen LogP contribution in [0.15, 0.2) is 35.7 Å². The number of esters is 1. The van der Waals surface area contributed by atoms with E-state index in [-0.39, 0.29) is 17.9 Å². The minimum atomic E-state index is -0.557. The fourth-order valence-corrected chi connectivity index (χ4v) is 3.76. The van der Waals surface area contributed by atoms with Gasteiger partial charge in [-0.2, -0.15) is 0 Å². The van der Waals surface area contributed by atoms with Crippen LogP contribution < -0.4 is 23.7 Å². The molecule has 0 aliphatic carbocycles. The van der Waals surface area contributed by atoms with Crippen LogP contribution in [0.2, 0.25) is 0 Å². The van der Waals surface area contributed by atoms with Crippen LogP contribution in [0.1, 0.15) is 16.1 Å². The molecule has 3 rings (SSSR count). The van der Waals surface area contributed by atoms with Gasteiger partial charge in [-0.15, -0.1) is 11.3 Å². The summed E-state index contributed by atoms with van der Waals surface area (Å²) in [6.45, 7) is 0.0140. The topological polar surface area (TPSA) is 85.3 Å². The quantitative estimate of drug-likeness (QED) is 0.453. The van der Waals surface area contributed by atoms with E-state index in [1.165, 1.54) is 32.7 Å². The van der Waals surface area contributed by atoms with Gasteiger partial charge in [0.1, 0.15) is 17.2 Å². The number of benzene rings is 2. The summed E-state index contributed by atoms with van der Waals surface area (Å²) in [6, 6.07) is 8.75. The van der Waals surface area contributed by atoms with Crippen LogP contribution in [0.25, 0.3) is 10.6 Å². The standard InChI is InChI=1S/C22H23NO7S/c1-25-16-8-6-13(10-18(16)27-3)21-23-14(12-31-21)11-30-22(24)15-7-9-17(26-2)20(29-5)19(15)28-4/h6-10,12H,11H2,1-5H3. The zero-order valence-electron chi connectivity index (χ0n) is 17.9. The number of nitrogens with zero attached hydrogens (tertiary/aromatic N) is 1. The van der Waals surface area contributed by atoms with Gasteiger partial charge in [0.2, 0.25) is 5.75 Å². The first kappa shape index (κ1) is 22.2. The zero-order chi connectivity index (χ0) is 22.4. The van der Waals surface area contributed by atoms with E-state index < -0.39 is 5.97 Å². The fourth-order valence-electron chi connectivity index (χ4n) is 2.95. The maximum Gasteiger partial charge on any atom is 0.342 e. The number of aromatic nitrogens is 1. The van der Waals surface area contributed by atoms with Gasteiger partial charge in [-0.25, -0.2) is 9.78 Å². The molecule has 0 saturated heterocycles. The largest absolute Gasteiger partial charge is 0.493 e. The molecule has 9 heteroatoms. The van der Waals surface area contributed by atoms with Crippen molar-refractivity contribution in [2.75, 3.05) is 35.5 Å². The van der Waals surface area contributed by atoms with Gasteiger partial charge in [-0.1, -0.05) is 0 Å². The van der Waals surface area contributed by atoms with Crippen LogP contribution >= 0.6 is 11.3 Å². The van der Waals surface area contributed by atoms with Gasteiger partial charge in [0.15, 0.2) is 23.0 Å². The number of ether oxygens (including phenoxy) is 6. The van der Waals surface area contributed by atoms with Crippen molar-refractivity contribution in [3.8, 4) is 39.3 Å². The van der Waals surface area contributed by atoms with Crippen molar-refractivity contribution >= 4 is 17.3 Å². The van der Waals surface area contributed by atoms with E-state index in [0.29, 0.717) is 28.7 Å². The number of carbonyl (C=O) groups excluding carboxylic acids is 1. The lowest BCUT2D eigenvalue weighted by Crippen LogP contribution is -2.09. The molecule has 0 atom stereocenters. The first-order valence-corrected chi connectivity index (χ1v) is 10.1. The van der Waals surface area contributed by atoms with Gasteiger partial charge in [0.25, 0.3) is 0 Å². The molecule has 8 nitrogen and oxygen atoms in total. The highest BCUT2D eigenvalue weighted by atomic mass is 32.1. The third kappa shape index (κ3) is 4.66. The molecule has 0 aliphatic heterocycles. The average molecular weight is 445 g/mol. The fraction of sp³-hybridized carbons (Fsp3) is 0.273. The van der Waals surface area contributed by atoms with E-state index in [1.54, 1.807) is 26.4 Å². The van der Waals surface area contributed by atoms with Crippen molar-refractivity contribution < 1.29 is 33.2 Å². The summed E-state index contributed by atoms with van der Waals surface area (Å²) in [5, 5.41) is 2.61. The van der Waals surface area contributed by atoms with Crippen LogP contribution in [-0.2, 0) is 11.3 Å². The molecule has 0 spiro atoms. The predicted octanol–water partition coefficient (Wildman–Crippen LogP) is 4.21. The Hall–Kier alpha value is -3.46. The Balaban J connectivity index is 1.75. The van der Waals surface area contributed by atoms with Gasteiger partial charge in [0, 0.05) is 10.9 Å². The van der Waals surface area contributed by atoms with Gasteiger partial charge in [-0.05, 0) is 30.3 Å². The summed E-state index contributed by atoms with van der Waals surface area (Å²) in [7, 11) is 7.59. The highest BCUT2D eigenvalue weighted by Gasteiger charge is 2.22. The first-order valence-electron chi connectivity index (χ1n) is 9.19. The van der Waals surface area contributed by atoms with E-state index >= 15 is 0 Å². The van der Waals surface area contributed by atoms with Gasteiger partial charge in [-0.3, -0.25) is 0 Å². The molecular weight excluding hydrogens is 422 g/mol. The number of carbonyl (C=O) groups is 1. The molecule has 3 aromatic rings. The molecule has 0 radical (unpaired) electrons. The second-order valence-corrected chi connectivity index (χ2v) is 7.03. The molecule has 2 aromatic carbocycles. The molecular formula is C22H23NO7S. The monoisotopic (exact) mass is 445 g/mol. The Kier molecular flexibility index (Phi) is 7.19. The van der Waals surface area contributed by atoms with Crippen LogP contribution in [0.5, 0.6) is 28.7 Å². The molecule has 1 aromatic heterocycles. The Morgan fingerprint density at radius 3 is 2.16 bits per heavy atom. The van der Waals surface area contributed by atoms with Crippen molar-refractivity contribution in [3.05, 3.63) is 47.0 Å². The number of hydrogen-bond donors (Lipinski definition) is 0. The summed E-state index contributed by atoms with van der Waals surface area (Å²) < 4.78 is 31.9. The lowest BCUT2D eigenvalue weighted by molar-refractivity contribution is 0.0464. The number of methoxy groups -OCH3 is 5. The lowest BCUT2D eigenvalue weighted by atomic mass is 10.1. The summed E-state index contributed by atoms with van der Waals surface area (Å²) in [5.74, 6) is 1.72. The van der Waals surface area contributed by atoms with Crippen molar-refractivity contribution in [3.63, 3.8) is 0 Å². The Morgan fingerprint density at radius 1 is 0.839 bits per heavy atom. The molecule has 0 N–H and O–H groups in total. The third-order valence-electron chi connectivity index (χ3n) is 4.46. The van der Waals surface area contributed by atoms with Gasteiger partial charge in [0.05, 0.1) is 41.2 Å². The maximum atomic E-state index is 12.6. The van der Waals surface area contributed by atoms with E-state index in [4.69, 9.17) is 28.4 Å². The summed E-state index contributed by atoms with van der Waals surface area (Å²) in [5.41, 5.74) is 1.74. The molecule has 0 fully saturated rings. The van der Waals surface area contributed by atoms with Crippen LogP contribution in [0.4, 0.5) is 0 Å². The summed E-state index contributed by atoms with van der Waals surface area (Å²) in [4.78, 5) is 17.2. The summed E-state index contributed by atoms with van der Waals surface area (Å²) >= 11 is 1.44. The molecule has 0 saturated carbocycles. The first-order chi connectivity index (χ1) is 15.1. The van der Waals surface area contributed by atoms with E-state index in [9.17, 15) is 4.79 Å². The predicted molar refractivity (Wildman–Crippen MR) is 116 cm³/mol. The SMILES string of the molecule is COc1ccc(-c2nc(COC(=O)c3ccc(OC)c(OC)c3OC)cs2)cc1OC. The molecule has 1 heterocycles. The van der Waals surface area contributed by atoms with Crippen LogP contribution in [0, 0.1) is 0 Å². The van der Waals surface area contributed by atoms with Crippen molar-refractivity contribution in [2.24, 2.45) is 0 Å². The van der Waals surface area contributed by atoms with E-state index in [2.05, 4.69) is 4.98 Å². The molecule has 0 aliphatic rings. The van der Waals surface area contributed by atoms with Crippen molar-refractivity contribution in [1.29, 1.82) is 0 Å². The van der Waals surface area contributed by atoms with E-state index in [1.807, 2.05) is 23.6 Å². The second-order valence-electron chi connectivity index (χ2n) is 6.17. The van der Waals surface area contributed by atoms with E-state index in [0.717, 1.165) is 10.6 Å². The smallest absolute Gasteiger partial charge is 0.342 e. The van der Waals surface area contributed by atoms with Crippen molar-refractivity contribution in [1.82, 2.24) is 4.98 Å². The Labute approximate surface area is 184 Å². The molecule has 0 amide bonds. The maximum absolute atomic E-state index is 12.6. The molecule has 0 unspecified atom stereocenters. The average Bonchev–Trinajstić information content (AvgIpc) is 3.29. The Morgan fingerprint density at radius 2 is 1.52 bits per heavy atom. The van der Waals surface area contributed by atoms with Gasteiger partial charge < -0.3 is 28.4 Å². The van der Waals surface area contributed by atoms with Gasteiger partial charge >= 0.3 is 5.97 Å². The molecule has 164 valence electrons. The normalized spacial score (nSPS) is 10.4. The number of hydrogen-bond acceptors (Lipinski definition) is 9. The van der Waals surface area contributed by atoms with Crippen molar-refractivity contribution in [2.45, 2.75) is 6.61 Å². The highest BCUT2D eigenvalue weighted by Crippen LogP contribution is 2.40. The second kappa shape index (κ2) is 10.0. The zero-order valence-corrected chi connectivity index (χ0v) is 18.7. The number of thiazole rings is 1. The lowest BCUT2D eigenvalue weighted by Gasteiger charge is -2.14. The Bertz CT molecular complexity index is 1060. The third-order valence-corrected chi connectivity index (χ3v) is 5.40. The minimum Gasteiger partial charge on any atom is -0.493 e. The number of rotatable bonds is 9. The summed E-state index contributed by atoms with van der Waals surface area (Å²) in [6.07, 6.45) is 0.